The molecule has 2 aromatic rings. The molecule has 3 heterocycles. The predicted molar refractivity (Wildman–Crippen MR) is 55.4 cm³/mol. The topological polar surface area (TPSA) is 47.1 Å². The van der Waals surface area contributed by atoms with E-state index >= 15 is 0 Å². The van der Waals surface area contributed by atoms with Crippen LogP contribution < -0.4 is 0 Å². The summed E-state index contributed by atoms with van der Waals surface area (Å²) in [5, 5.41) is 1.14. The van der Waals surface area contributed by atoms with Gasteiger partial charge >= 0.3 is 0 Å². The van der Waals surface area contributed by atoms with Gasteiger partial charge in [0.1, 0.15) is 0 Å². The third kappa shape index (κ3) is 1.62. The van der Waals surface area contributed by atoms with Crippen molar-refractivity contribution in [1.29, 1.82) is 0 Å². The van der Waals surface area contributed by atoms with Gasteiger partial charge in [-0.25, -0.2) is 0 Å². The van der Waals surface area contributed by atoms with Crippen LogP contribution in [-0.4, -0.2) is 23.2 Å². The average molecular weight is 204 g/mol. The molecule has 0 saturated carbocycles. The molecule has 1 N–H and O–H groups in total. The Labute approximate surface area is 87.2 Å². The first kappa shape index (κ1) is 8.88. The lowest BCUT2D eigenvalue weighted by Crippen LogP contribution is -2.18. The number of rotatable bonds is 1. The van der Waals surface area contributed by atoms with Gasteiger partial charge in [-0.3, -0.25) is 4.98 Å². The zero-order valence-corrected chi connectivity index (χ0v) is 8.27. The third-order valence-corrected chi connectivity index (χ3v) is 2.53. The Morgan fingerprint density at radius 2 is 2.20 bits per heavy atom. The molecule has 3 rings (SSSR count). The van der Waals surface area contributed by atoms with Crippen LogP contribution in [0.2, 0.25) is 0 Å². The molecule has 0 aliphatic carbocycles. The Morgan fingerprint density at radius 3 is 3.07 bits per heavy atom. The summed E-state index contributed by atoms with van der Waals surface area (Å²) in [6, 6.07) is 4.02. The van der Waals surface area contributed by atoms with Crippen molar-refractivity contribution in [2.24, 2.45) is 0 Å². The van der Waals surface area contributed by atoms with Crippen molar-refractivity contribution in [3.05, 3.63) is 30.2 Å². The number of aromatic amines is 1. The molecule has 1 aliphatic rings. The number of pyridine rings is 1. The van der Waals surface area contributed by atoms with Crippen molar-refractivity contribution >= 4 is 10.9 Å². The number of aromatic nitrogens is 2. The summed E-state index contributed by atoms with van der Waals surface area (Å²) < 4.78 is 11.0. The van der Waals surface area contributed by atoms with Gasteiger partial charge in [0.25, 0.3) is 0 Å². The summed E-state index contributed by atoms with van der Waals surface area (Å²) >= 11 is 0. The lowest BCUT2D eigenvalue weighted by Gasteiger charge is -2.22. The molecule has 0 unspecified atom stereocenters. The fourth-order valence-corrected chi connectivity index (χ4v) is 1.76. The first-order valence-corrected chi connectivity index (χ1v) is 5.10. The number of ether oxygens (including phenoxy) is 2. The van der Waals surface area contributed by atoms with Crippen molar-refractivity contribution in [3.63, 3.8) is 0 Å². The standard InChI is InChI=1S/C11H12N2O2/c1-4-14-11(15-5-1)9-6-8-2-3-12-10(8)7-13-9/h2-3,6-7,11-12H,1,4-5H2. The Morgan fingerprint density at radius 1 is 1.33 bits per heavy atom. The summed E-state index contributed by atoms with van der Waals surface area (Å²) in [6.45, 7) is 1.50. The predicted octanol–water partition coefficient (Wildman–Crippen LogP) is 2.00. The average Bonchev–Trinajstić information content (AvgIpc) is 2.77. The minimum Gasteiger partial charge on any atom is -0.360 e. The van der Waals surface area contributed by atoms with E-state index in [9.17, 15) is 0 Å². The molecule has 4 heteroatoms. The number of hydrogen-bond donors (Lipinski definition) is 1. The second-order valence-electron chi connectivity index (χ2n) is 3.60. The molecule has 0 amide bonds. The van der Waals surface area contributed by atoms with E-state index in [1.54, 1.807) is 0 Å². The molecule has 0 radical (unpaired) electrons. The Balaban J connectivity index is 1.95. The molecule has 0 atom stereocenters. The highest BCUT2D eigenvalue weighted by Crippen LogP contribution is 2.23. The number of hydrogen-bond acceptors (Lipinski definition) is 3. The molecule has 15 heavy (non-hydrogen) atoms. The van der Waals surface area contributed by atoms with Crippen molar-refractivity contribution in [2.75, 3.05) is 13.2 Å². The molecule has 4 nitrogen and oxygen atoms in total. The highest BCUT2D eigenvalue weighted by Gasteiger charge is 2.18. The van der Waals surface area contributed by atoms with Crippen molar-refractivity contribution in [1.82, 2.24) is 9.97 Å². The quantitative estimate of drug-likeness (QED) is 0.772. The van der Waals surface area contributed by atoms with E-state index in [2.05, 4.69) is 9.97 Å². The Kier molecular flexibility index (Phi) is 2.16. The lowest BCUT2D eigenvalue weighted by molar-refractivity contribution is -0.185. The highest BCUT2D eigenvalue weighted by molar-refractivity contribution is 5.78. The molecule has 1 aliphatic heterocycles. The maximum atomic E-state index is 5.49. The van der Waals surface area contributed by atoms with E-state index in [4.69, 9.17) is 9.47 Å². The number of fused-ring (bicyclic) bond motifs is 1. The van der Waals surface area contributed by atoms with Crippen LogP contribution in [0.5, 0.6) is 0 Å². The lowest BCUT2D eigenvalue weighted by atomic mass is 10.2. The van der Waals surface area contributed by atoms with Crippen LogP contribution in [0.4, 0.5) is 0 Å². The molecular formula is C11H12N2O2. The van der Waals surface area contributed by atoms with Crippen LogP contribution >= 0.6 is 0 Å². The van der Waals surface area contributed by atoms with E-state index in [0.29, 0.717) is 0 Å². The molecule has 78 valence electrons. The smallest absolute Gasteiger partial charge is 0.201 e. The number of nitrogens with zero attached hydrogens (tertiary/aromatic N) is 1. The van der Waals surface area contributed by atoms with Gasteiger partial charge in [0.05, 0.1) is 30.6 Å². The summed E-state index contributed by atoms with van der Waals surface area (Å²) in [6.07, 6.45) is 4.38. The van der Waals surface area contributed by atoms with Gasteiger partial charge in [0, 0.05) is 11.6 Å². The summed E-state index contributed by atoms with van der Waals surface area (Å²) in [5.74, 6) is 0. The second-order valence-corrected chi connectivity index (χ2v) is 3.60. The van der Waals surface area contributed by atoms with Crippen LogP contribution in [-0.2, 0) is 9.47 Å². The normalized spacial score (nSPS) is 18.4. The van der Waals surface area contributed by atoms with Crippen molar-refractivity contribution in [2.45, 2.75) is 12.7 Å². The Hall–Kier alpha value is -1.39. The highest BCUT2D eigenvalue weighted by atomic mass is 16.7. The largest absolute Gasteiger partial charge is 0.360 e. The SMILES string of the molecule is c1cc2cc(C3OCCCO3)ncc2[nH]1. The van der Waals surface area contributed by atoms with Crippen LogP contribution in [0.15, 0.2) is 24.5 Å². The minimum absolute atomic E-state index is 0.293. The van der Waals surface area contributed by atoms with Gasteiger partial charge in [-0.05, 0) is 18.6 Å². The third-order valence-electron chi connectivity index (χ3n) is 2.53. The molecule has 2 aromatic heterocycles. The second kappa shape index (κ2) is 3.64. The minimum atomic E-state index is -0.293. The van der Waals surface area contributed by atoms with Gasteiger partial charge in [-0.15, -0.1) is 0 Å². The van der Waals surface area contributed by atoms with Crippen LogP contribution in [0.25, 0.3) is 10.9 Å². The van der Waals surface area contributed by atoms with E-state index in [1.165, 1.54) is 0 Å². The molecule has 0 spiro atoms. The molecule has 1 saturated heterocycles. The van der Waals surface area contributed by atoms with Gasteiger partial charge < -0.3 is 14.5 Å². The van der Waals surface area contributed by atoms with Gasteiger partial charge in [-0.2, -0.15) is 0 Å². The van der Waals surface area contributed by atoms with Gasteiger partial charge in [0.15, 0.2) is 0 Å². The molecule has 0 aromatic carbocycles. The molecule has 1 fully saturated rings. The van der Waals surface area contributed by atoms with Gasteiger partial charge in [-0.1, -0.05) is 0 Å². The zero-order valence-electron chi connectivity index (χ0n) is 8.27. The Bertz CT molecular complexity index is 460. The molecular weight excluding hydrogens is 192 g/mol. The number of H-pyrrole nitrogens is 1. The monoisotopic (exact) mass is 204 g/mol. The van der Waals surface area contributed by atoms with Crippen molar-refractivity contribution in [3.8, 4) is 0 Å². The van der Waals surface area contributed by atoms with E-state index in [1.807, 2.05) is 24.5 Å². The zero-order chi connectivity index (χ0) is 10.1. The maximum absolute atomic E-state index is 5.49. The fraction of sp³-hybridized carbons (Fsp3) is 0.364. The summed E-state index contributed by atoms with van der Waals surface area (Å²) in [7, 11) is 0. The first-order chi connectivity index (χ1) is 7.43. The summed E-state index contributed by atoms with van der Waals surface area (Å²) in [4.78, 5) is 7.43. The van der Waals surface area contributed by atoms with Gasteiger partial charge in [0.2, 0.25) is 6.29 Å². The maximum Gasteiger partial charge on any atom is 0.201 e. The summed E-state index contributed by atoms with van der Waals surface area (Å²) in [5.41, 5.74) is 1.89. The van der Waals surface area contributed by atoms with E-state index < -0.39 is 0 Å². The van der Waals surface area contributed by atoms with Crippen molar-refractivity contribution < 1.29 is 9.47 Å². The molecule has 0 bridgehead atoms. The van der Waals surface area contributed by atoms with Crippen LogP contribution in [0.3, 0.4) is 0 Å². The number of nitrogens with one attached hydrogen (secondary N) is 1. The van der Waals surface area contributed by atoms with Crippen LogP contribution in [0.1, 0.15) is 18.4 Å². The first-order valence-electron chi connectivity index (χ1n) is 5.10. The van der Waals surface area contributed by atoms with Crippen LogP contribution in [0, 0.1) is 0 Å². The van der Waals surface area contributed by atoms with E-state index in [0.717, 1.165) is 36.2 Å². The van der Waals surface area contributed by atoms with E-state index in [-0.39, 0.29) is 6.29 Å². The fourth-order valence-electron chi connectivity index (χ4n) is 1.76.